The van der Waals surface area contributed by atoms with E-state index in [1.807, 2.05) is 14.0 Å². The molecule has 2 fully saturated rings. The van der Waals surface area contributed by atoms with Crippen molar-refractivity contribution in [3.63, 3.8) is 0 Å². The molecule has 7 rings (SSSR count). The number of aryl methyl sites for hydroxylation is 2. The lowest BCUT2D eigenvalue weighted by Gasteiger charge is -2.32. The summed E-state index contributed by atoms with van der Waals surface area (Å²) in [5.74, 6) is 2.15. The molecular formula is C33H42N8O2. The van der Waals surface area contributed by atoms with Crippen LogP contribution in [0.25, 0.3) is 11.3 Å². The van der Waals surface area contributed by atoms with Gasteiger partial charge in [0.15, 0.2) is 0 Å². The number of likely N-dealkylation sites (tertiary alicyclic amines) is 1. The number of anilines is 3. The van der Waals surface area contributed by atoms with Gasteiger partial charge in [-0.3, -0.25) is 9.78 Å². The fraction of sp³-hybridized carbons (Fsp3) is 0.515. The standard InChI is InChI=1S/C33H42N8O2/c1-4-40-13-11-25(12-14-40)36-26-9-10-28-30(18-26)41-20-23(22-7-8-22)6-5-15-43-32-27(19-34-39(32)3)29-17-24(16-21(2)35-29)31(42)38-33(41)37-28/h9-10,16-19,22-23,25,36H,4-8,11-15,20H2,1-3H3,(H,37,38,42)/t23-/m1/s1. The fourth-order valence-electron chi connectivity index (χ4n) is 6.81. The zero-order valence-corrected chi connectivity index (χ0v) is 25.5. The Labute approximate surface area is 253 Å². The van der Waals surface area contributed by atoms with Gasteiger partial charge < -0.3 is 25.2 Å². The predicted molar refractivity (Wildman–Crippen MR) is 170 cm³/mol. The third kappa shape index (κ3) is 5.85. The first-order valence-electron chi connectivity index (χ1n) is 15.9. The highest BCUT2D eigenvalue weighted by atomic mass is 16.5. The summed E-state index contributed by atoms with van der Waals surface area (Å²) < 4.78 is 8.04. The molecule has 0 spiro atoms. The Morgan fingerprint density at radius 3 is 2.70 bits per heavy atom. The lowest BCUT2D eigenvalue weighted by Crippen LogP contribution is -2.38. The maximum atomic E-state index is 13.7. The second kappa shape index (κ2) is 11.6. The van der Waals surface area contributed by atoms with E-state index >= 15 is 0 Å². The number of guanidine groups is 1. The van der Waals surface area contributed by atoms with Crippen LogP contribution < -0.4 is 20.3 Å². The zero-order chi connectivity index (χ0) is 29.5. The van der Waals surface area contributed by atoms with Gasteiger partial charge in [0.05, 0.1) is 35.4 Å². The first-order chi connectivity index (χ1) is 20.9. The molecule has 226 valence electrons. The number of pyridine rings is 1. The number of hydrogen-bond acceptors (Lipinski definition) is 8. The monoisotopic (exact) mass is 582 g/mol. The van der Waals surface area contributed by atoms with Crippen LogP contribution in [0, 0.1) is 18.8 Å². The molecule has 5 heterocycles. The number of carbonyl (C=O) groups is 1. The van der Waals surface area contributed by atoms with Crippen LogP contribution in [-0.2, 0) is 7.05 Å². The molecular weight excluding hydrogens is 540 g/mol. The largest absolute Gasteiger partial charge is 0.477 e. The molecule has 10 heteroatoms. The lowest BCUT2D eigenvalue weighted by molar-refractivity contribution is 0.100. The van der Waals surface area contributed by atoms with E-state index in [4.69, 9.17) is 14.7 Å². The predicted octanol–water partition coefficient (Wildman–Crippen LogP) is 5.31. The summed E-state index contributed by atoms with van der Waals surface area (Å²) in [4.78, 5) is 27.9. The molecule has 1 aromatic carbocycles. The van der Waals surface area contributed by atoms with Crippen LogP contribution in [0.4, 0.5) is 17.1 Å². The van der Waals surface area contributed by atoms with Crippen molar-refractivity contribution in [2.24, 2.45) is 23.9 Å². The molecule has 43 heavy (non-hydrogen) atoms. The van der Waals surface area contributed by atoms with Crippen molar-refractivity contribution in [3.8, 4) is 17.1 Å². The van der Waals surface area contributed by atoms with Gasteiger partial charge in [0, 0.05) is 49.7 Å². The van der Waals surface area contributed by atoms with Crippen molar-refractivity contribution in [1.29, 1.82) is 0 Å². The van der Waals surface area contributed by atoms with Gasteiger partial charge in [0.2, 0.25) is 11.8 Å². The second-order valence-corrected chi connectivity index (χ2v) is 12.5. The van der Waals surface area contributed by atoms with E-state index in [9.17, 15) is 4.79 Å². The van der Waals surface area contributed by atoms with Gasteiger partial charge in [0.25, 0.3) is 5.91 Å². The molecule has 1 atom stereocenters. The fourth-order valence-corrected chi connectivity index (χ4v) is 6.81. The van der Waals surface area contributed by atoms with Crippen LogP contribution in [-0.4, -0.2) is 70.4 Å². The van der Waals surface area contributed by atoms with Gasteiger partial charge >= 0.3 is 0 Å². The van der Waals surface area contributed by atoms with Crippen LogP contribution in [0.3, 0.4) is 0 Å². The minimum absolute atomic E-state index is 0.294. The van der Waals surface area contributed by atoms with E-state index in [2.05, 4.69) is 50.7 Å². The SMILES string of the molecule is CCN1CCC(Nc2ccc3c(c2)N2C[C@H](C4CC4)CCCOc4c(cnn4C)-c4cc(cc(C)n4)C(=O)/N=C/2N3)CC1. The van der Waals surface area contributed by atoms with Gasteiger partial charge in [-0.25, -0.2) is 4.68 Å². The highest BCUT2D eigenvalue weighted by Crippen LogP contribution is 2.43. The van der Waals surface area contributed by atoms with E-state index in [-0.39, 0.29) is 5.91 Å². The first kappa shape index (κ1) is 27.9. The number of hydrogen-bond donors (Lipinski definition) is 2. The molecule has 1 saturated heterocycles. The Morgan fingerprint density at radius 2 is 1.91 bits per heavy atom. The summed E-state index contributed by atoms with van der Waals surface area (Å²) in [5, 5.41) is 11.7. The number of carbonyl (C=O) groups excluding carboxylic acids is 1. The Kier molecular flexibility index (Phi) is 7.55. The minimum Gasteiger partial charge on any atom is -0.477 e. The summed E-state index contributed by atoms with van der Waals surface area (Å²) in [6.45, 7) is 8.94. The normalized spacial score (nSPS) is 22.7. The van der Waals surface area contributed by atoms with E-state index < -0.39 is 0 Å². The smallest absolute Gasteiger partial charge is 0.280 e. The van der Waals surface area contributed by atoms with Gasteiger partial charge in [-0.05, 0) is 94.2 Å². The highest BCUT2D eigenvalue weighted by molar-refractivity contribution is 6.19. The quantitative estimate of drug-likeness (QED) is 0.427. The molecule has 2 aromatic heterocycles. The van der Waals surface area contributed by atoms with Gasteiger partial charge in [0.1, 0.15) is 0 Å². The zero-order valence-electron chi connectivity index (χ0n) is 25.5. The number of ether oxygens (including phenoxy) is 1. The first-order valence-corrected chi connectivity index (χ1v) is 15.9. The van der Waals surface area contributed by atoms with Gasteiger partial charge in [-0.1, -0.05) is 6.92 Å². The van der Waals surface area contributed by atoms with E-state index in [1.54, 1.807) is 23.0 Å². The van der Waals surface area contributed by atoms with E-state index in [0.717, 1.165) is 80.2 Å². The Morgan fingerprint density at radius 1 is 1.07 bits per heavy atom. The summed E-state index contributed by atoms with van der Waals surface area (Å²) in [5.41, 5.74) is 5.89. The summed E-state index contributed by atoms with van der Waals surface area (Å²) in [6, 6.07) is 10.6. The number of benzene rings is 1. The number of fused-ring (bicyclic) bond motifs is 7. The molecule has 3 aromatic rings. The van der Waals surface area contributed by atoms with Crippen LogP contribution >= 0.6 is 0 Å². The molecule has 10 nitrogen and oxygen atoms in total. The number of rotatable bonds is 4. The highest BCUT2D eigenvalue weighted by Gasteiger charge is 2.36. The summed E-state index contributed by atoms with van der Waals surface area (Å²) >= 11 is 0. The average Bonchev–Trinajstić information content (AvgIpc) is 3.71. The molecule has 1 amide bonds. The number of nitrogens with one attached hydrogen (secondary N) is 2. The number of piperidine rings is 1. The van der Waals surface area contributed by atoms with Crippen molar-refractivity contribution in [1.82, 2.24) is 19.7 Å². The Bertz CT molecular complexity index is 1540. The molecule has 1 saturated carbocycles. The number of aromatic nitrogens is 3. The Balaban J connectivity index is 1.23. The number of amides is 1. The van der Waals surface area contributed by atoms with E-state index in [1.165, 1.54) is 12.8 Å². The average molecular weight is 583 g/mol. The third-order valence-corrected chi connectivity index (χ3v) is 9.43. The second-order valence-electron chi connectivity index (χ2n) is 12.5. The van der Waals surface area contributed by atoms with E-state index in [0.29, 0.717) is 47.6 Å². The van der Waals surface area contributed by atoms with Gasteiger partial charge in [-0.15, -0.1) is 0 Å². The number of aliphatic imine (C=N–C) groups is 1. The molecule has 0 radical (unpaired) electrons. The van der Waals surface area contributed by atoms with Crippen LogP contribution in [0.15, 0.2) is 41.5 Å². The maximum absolute atomic E-state index is 13.7. The van der Waals surface area contributed by atoms with Crippen LogP contribution in [0.2, 0.25) is 0 Å². The molecule has 2 bridgehead atoms. The lowest BCUT2D eigenvalue weighted by atomic mass is 9.97. The number of nitrogens with zero attached hydrogens (tertiary/aromatic N) is 6. The van der Waals surface area contributed by atoms with Crippen LogP contribution in [0.1, 0.15) is 61.5 Å². The molecule has 3 aliphatic heterocycles. The third-order valence-electron chi connectivity index (χ3n) is 9.43. The van der Waals surface area contributed by atoms with Crippen molar-refractivity contribution in [3.05, 3.63) is 47.8 Å². The molecule has 1 aliphatic carbocycles. The summed E-state index contributed by atoms with van der Waals surface area (Å²) in [7, 11) is 1.88. The molecule has 0 unspecified atom stereocenters. The molecule has 2 N–H and O–H groups in total. The minimum atomic E-state index is -0.294. The van der Waals surface area contributed by atoms with Crippen LogP contribution in [0.5, 0.6) is 5.88 Å². The topological polar surface area (TPSA) is 99.9 Å². The molecule has 4 aliphatic rings. The summed E-state index contributed by atoms with van der Waals surface area (Å²) in [6.07, 6.45) is 8.55. The maximum Gasteiger partial charge on any atom is 0.280 e. The van der Waals surface area contributed by atoms with Crippen molar-refractivity contribution in [2.45, 2.75) is 58.4 Å². The van der Waals surface area contributed by atoms with Crippen molar-refractivity contribution >= 4 is 28.9 Å². The van der Waals surface area contributed by atoms with Crippen molar-refractivity contribution < 1.29 is 9.53 Å². The Hall–Kier alpha value is -3.92. The van der Waals surface area contributed by atoms with Gasteiger partial charge in [-0.2, -0.15) is 10.1 Å². The van der Waals surface area contributed by atoms with Crippen molar-refractivity contribution in [2.75, 3.05) is 48.3 Å².